The Morgan fingerprint density at radius 1 is 1.70 bits per heavy atom. The lowest BCUT2D eigenvalue weighted by molar-refractivity contribution is -0.385. The van der Waals surface area contributed by atoms with Crippen LogP contribution in [0.4, 0.5) is 11.5 Å². The summed E-state index contributed by atoms with van der Waals surface area (Å²) in [4.78, 5) is 26.6. The number of hydrogen-bond acceptors (Lipinski definition) is 6. The molecule has 1 aliphatic rings. The molecule has 0 amide bonds. The molecule has 1 aliphatic heterocycles. The highest BCUT2D eigenvalue weighted by Crippen LogP contribution is 2.29. The maximum absolute atomic E-state index is 10.8. The molecule has 0 bridgehead atoms. The van der Waals surface area contributed by atoms with Gasteiger partial charge in [-0.05, 0) is 12.8 Å². The van der Waals surface area contributed by atoms with Crippen molar-refractivity contribution in [3.63, 3.8) is 0 Å². The number of hydrogen-bond donors (Lipinski definition) is 1. The van der Waals surface area contributed by atoms with Crippen molar-refractivity contribution >= 4 is 17.5 Å². The van der Waals surface area contributed by atoms with Crippen LogP contribution in [0.25, 0.3) is 0 Å². The summed E-state index contributed by atoms with van der Waals surface area (Å²) in [5.74, 6) is -0.593. The first-order valence-electron chi connectivity index (χ1n) is 6.06. The molecular formula is C12H12N4O4. The minimum atomic E-state index is -0.915. The number of aliphatic carboxylic acids is 1. The molecule has 0 spiro atoms. The molecule has 2 heterocycles. The number of nitro groups is 1. The van der Waals surface area contributed by atoms with Crippen LogP contribution in [0, 0.1) is 21.4 Å². The van der Waals surface area contributed by atoms with Gasteiger partial charge in [-0.3, -0.25) is 14.9 Å². The Kier molecular flexibility index (Phi) is 3.79. The first-order chi connectivity index (χ1) is 9.52. The monoisotopic (exact) mass is 276 g/mol. The van der Waals surface area contributed by atoms with Crippen LogP contribution < -0.4 is 4.90 Å². The van der Waals surface area contributed by atoms with E-state index in [0.29, 0.717) is 18.8 Å². The van der Waals surface area contributed by atoms with Crippen molar-refractivity contribution in [2.24, 2.45) is 0 Å². The average molecular weight is 276 g/mol. The van der Waals surface area contributed by atoms with Crippen LogP contribution in [0.5, 0.6) is 0 Å². The number of aromatic nitrogens is 1. The largest absolute Gasteiger partial charge is 0.481 e. The van der Waals surface area contributed by atoms with Crippen LogP contribution in [0.3, 0.4) is 0 Å². The third kappa shape index (κ3) is 2.66. The highest BCUT2D eigenvalue weighted by atomic mass is 16.6. The van der Waals surface area contributed by atoms with Gasteiger partial charge in [0, 0.05) is 18.7 Å². The Balaban J connectivity index is 2.34. The zero-order valence-electron chi connectivity index (χ0n) is 10.5. The van der Waals surface area contributed by atoms with E-state index in [1.165, 1.54) is 6.07 Å². The van der Waals surface area contributed by atoms with Crippen molar-refractivity contribution in [1.29, 1.82) is 5.26 Å². The Bertz CT molecular complexity index is 596. The fourth-order valence-electron chi connectivity index (χ4n) is 2.39. The summed E-state index contributed by atoms with van der Waals surface area (Å²) in [5, 5.41) is 28.7. The zero-order valence-corrected chi connectivity index (χ0v) is 10.5. The van der Waals surface area contributed by atoms with Crippen molar-refractivity contribution in [3.05, 3.63) is 27.9 Å². The molecule has 104 valence electrons. The van der Waals surface area contributed by atoms with Crippen LogP contribution in [-0.4, -0.2) is 33.6 Å². The van der Waals surface area contributed by atoms with Gasteiger partial charge in [0.1, 0.15) is 23.6 Å². The van der Waals surface area contributed by atoms with E-state index >= 15 is 0 Å². The Morgan fingerprint density at radius 2 is 2.45 bits per heavy atom. The highest BCUT2D eigenvalue weighted by molar-refractivity contribution is 5.69. The van der Waals surface area contributed by atoms with Gasteiger partial charge < -0.3 is 10.0 Å². The van der Waals surface area contributed by atoms with Crippen molar-refractivity contribution in [2.45, 2.75) is 25.3 Å². The van der Waals surface area contributed by atoms with Gasteiger partial charge in [-0.2, -0.15) is 5.26 Å². The van der Waals surface area contributed by atoms with E-state index in [2.05, 4.69) is 4.98 Å². The Morgan fingerprint density at radius 3 is 3.05 bits per heavy atom. The average Bonchev–Trinajstić information content (AvgIpc) is 2.84. The molecule has 1 aromatic heterocycles. The standard InChI is InChI=1S/C12H12N4O4/c13-6-8-4-10(16(19)20)7-14-12(8)15-3-1-2-9(15)5-11(17)18/h4,7,9H,1-3,5H2,(H,17,18). The van der Waals surface area contributed by atoms with Gasteiger partial charge in [-0.25, -0.2) is 4.98 Å². The van der Waals surface area contributed by atoms with Crippen LogP contribution in [0.1, 0.15) is 24.8 Å². The van der Waals surface area contributed by atoms with Crippen LogP contribution >= 0.6 is 0 Å². The lowest BCUT2D eigenvalue weighted by Crippen LogP contribution is -2.32. The quantitative estimate of drug-likeness (QED) is 0.649. The van der Waals surface area contributed by atoms with Crippen LogP contribution in [0.2, 0.25) is 0 Å². The Labute approximate surface area is 114 Å². The van der Waals surface area contributed by atoms with Crippen LogP contribution in [-0.2, 0) is 4.79 Å². The van der Waals surface area contributed by atoms with Gasteiger partial charge in [0.05, 0.1) is 11.3 Å². The molecule has 0 radical (unpaired) electrons. The first kappa shape index (κ1) is 13.7. The first-order valence-corrected chi connectivity index (χ1v) is 6.06. The molecule has 0 saturated carbocycles. The fourth-order valence-corrected chi connectivity index (χ4v) is 2.39. The molecule has 1 atom stereocenters. The maximum Gasteiger partial charge on any atom is 0.305 e. The lowest BCUT2D eigenvalue weighted by atomic mass is 10.1. The predicted molar refractivity (Wildman–Crippen MR) is 68.2 cm³/mol. The molecule has 1 aromatic rings. The van der Waals surface area contributed by atoms with Gasteiger partial charge in [0.2, 0.25) is 0 Å². The number of carboxylic acid groups (broad SMARTS) is 1. The molecule has 1 N–H and O–H groups in total. The van der Waals surface area contributed by atoms with E-state index < -0.39 is 10.9 Å². The number of nitriles is 1. The topological polar surface area (TPSA) is 120 Å². The summed E-state index contributed by atoms with van der Waals surface area (Å²) in [7, 11) is 0. The molecule has 20 heavy (non-hydrogen) atoms. The van der Waals surface area contributed by atoms with Gasteiger partial charge in [0.25, 0.3) is 5.69 Å². The number of anilines is 1. The highest BCUT2D eigenvalue weighted by Gasteiger charge is 2.30. The summed E-state index contributed by atoms with van der Waals surface area (Å²) in [5.41, 5.74) is -0.157. The van der Waals surface area contributed by atoms with Crippen LogP contribution in [0.15, 0.2) is 12.3 Å². The summed E-state index contributed by atoms with van der Waals surface area (Å²) in [6, 6.07) is 2.82. The number of rotatable bonds is 4. The van der Waals surface area contributed by atoms with E-state index in [-0.39, 0.29) is 23.7 Å². The van der Waals surface area contributed by atoms with Gasteiger partial charge >= 0.3 is 5.97 Å². The number of nitrogens with zero attached hydrogens (tertiary/aromatic N) is 4. The van der Waals surface area contributed by atoms with Crippen molar-refractivity contribution in [1.82, 2.24) is 4.98 Å². The maximum atomic E-state index is 10.8. The molecule has 0 aromatic carbocycles. The Hall–Kier alpha value is -2.69. The second-order valence-corrected chi connectivity index (χ2v) is 4.52. The third-order valence-electron chi connectivity index (χ3n) is 3.24. The van der Waals surface area contributed by atoms with E-state index in [1.54, 1.807) is 4.90 Å². The van der Waals surface area contributed by atoms with E-state index in [1.807, 2.05) is 6.07 Å². The van der Waals surface area contributed by atoms with E-state index in [9.17, 15) is 14.9 Å². The summed E-state index contributed by atoms with van der Waals surface area (Å²) >= 11 is 0. The molecule has 8 nitrogen and oxygen atoms in total. The SMILES string of the molecule is N#Cc1cc([N+](=O)[O-])cnc1N1CCCC1CC(=O)O. The zero-order chi connectivity index (χ0) is 14.7. The number of pyridine rings is 1. The van der Waals surface area contributed by atoms with E-state index in [4.69, 9.17) is 10.4 Å². The molecule has 8 heteroatoms. The fraction of sp³-hybridized carbons (Fsp3) is 0.417. The van der Waals surface area contributed by atoms with Gasteiger partial charge in [-0.15, -0.1) is 0 Å². The molecule has 1 fully saturated rings. The second-order valence-electron chi connectivity index (χ2n) is 4.52. The van der Waals surface area contributed by atoms with E-state index in [0.717, 1.165) is 12.6 Å². The minimum absolute atomic E-state index is 0.0382. The molecule has 1 unspecified atom stereocenters. The molecular weight excluding hydrogens is 264 g/mol. The smallest absolute Gasteiger partial charge is 0.305 e. The molecule has 0 aliphatic carbocycles. The summed E-state index contributed by atoms with van der Waals surface area (Å²) in [6.07, 6.45) is 2.56. The molecule has 2 rings (SSSR count). The number of carbonyl (C=O) groups is 1. The number of carboxylic acids is 1. The normalized spacial score (nSPS) is 17.8. The second kappa shape index (κ2) is 5.52. The summed E-state index contributed by atoms with van der Waals surface area (Å²) in [6.45, 7) is 0.595. The predicted octanol–water partition coefficient (Wildman–Crippen LogP) is 1.30. The van der Waals surface area contributed by atoms with Gasteiger partial charge in [0.15, 0.2) is 0 Å². The van der Waals surface area contributed by atoms with Gasteiger partial charge in [-0.1, -0.05) is 0 Å². The van der Waals surface area contributed by atoms with Crippen molar-refractivity contribution in [2.75, 3.05) is 11.4 Å². The third-order valence-corrected chi connectivity index (χ3v) is 3.24. The summed E-state index contributed by atoms with van der Waals surface area (Å²) < 4.78 is 0. The minimum Gasteiger partial charge on any atom is -0.481 e. The lowest BCUT2D eigenvalue weighted by Gasteiger charge is -2.25. The van der Waals surface area contributed by atoms with Crippen molar-refractivity contribution < 1.29 is 14.8 Å². The van der Waals surface area contributed by atoms with Crippen molar-refractivity contribution in [3.8, 4) is 6.07 Å². The molecule has 1 saturated heterocycles.